The van der Waals surface area contributed by atoms with Crippen LogP contribution in [0.15, 0.2) is 49.1 Å². The number of alkyl halides is 3. The van der Waals surface area contributed by atoms with Crippen LogP contribution in [-0.2, 0) is 12.7 Å². The van der Waals surface area contributed by atoms with Crippen molar-refractivity contribution in [2.75, 3.05) is 11.1 Å². The SMILES string of the molecule is Nc1nn2cccnc2c1-c1cc(NCc2ccc(C(F)(F)F)c(F)c2)ncn1. The topological polar surface area (TPSA) is 94.0 Å². The van der Waals surface area contributed by atoms with Crippen LogP contribution in [0.4, 0.5) is 29.2 Å². The molecule has 0 aliphatic heterocycles. The molecular formula is C18H13F4N7. The maximum atomic E-state index is 13.7. The number of aromatic nitrogens is 5. The first-order valence-electron chi connectivity index (χ1n) is 8.33. The molecular weight excluding hydrogens is 390 g/mol. The lowest BCUT2D eigenvalue weighted by molar-refractivity contribution is -0.140. The minimum absolute atomic E-state index is 0.0635. The molecule has 0 amide bonds. The number of anilines is 2. The summed E-state index contributed by atoms with van der Waals surface area (Å²) >= 11 is 0. The minimum atomic E-state index is -4.74. The predicted octanol–water partition coefficient (Wildman–Crippen LogP) is 3.54. The maximum Gasteiger partial charge on any atom is 0.419 e. The van der Waals surface area contributed by atoms with E-state index in [-0.39, 0.29) is 12.4 Å². The van der Waals surface area contributed by atoms with Crippen LogP contribution in [0.25, 0.3) is 16.9 Å². The van der Waals surface area contributed by atoms with Crippen molar-refractivity contribution in [1.82, 2.24) is 24.6 Å². The molecule has 0 radical (unpaired) electrons. The first-order chi connectivity index (χ1) is 13.8. The average Bonchev–Trinajstić information content (AvgIpc) is 3.01. The number of nitrogens with one attached hydrogen (secondary N) is 1. The second-order valence-corrected chi connectivity index (χ2v) is 6.10. The Morgan fingerprint density at radius 3 is 2.69 bits per heavy atom. The molecule has 0 aliphatic rings. The van der Waals surface area contributed by atoms with Crippen molar-refractivity contribution in [2.24, 2.45) is 0 Å². The molecule has 11 heteroatoms. The van der Waals surface area contributed by atoms with E-state index < -0.39 is 17.6 Å². The Morgan fingerprint density at radius 2 is 1.93 bits per heavy atom. The first kappa shape index (κ1) is 18.6. The van der Waals surface area contributed by atoms with Gasteiger partial charge in [0.15, 0.2) is 11.5 Å². The molecule has 3 aromatic heterocycles. The zero-order chi connectivity index (χ0) is 20.6. The van der Waals surface area contributed by atoms with Gasteiger partial charge >= 0.3 is 6.18 Å². The van der Waals surface area contributed by atoms with E-state index in [1.165, 1.54) is 16.9 Å². The Hall–Kier alpha value is -3.76. The number of rotatable bonds is 4. The van der Waals surface area contributed by atoms with Crippen LogP contribution in [0.5, 0.6) is 0 Å². The van der Waals surface area contributed by atoms with Gasteiger partial charge in [0.1, 0.15) is 18.0 Å². The molecule has 4 aromatic rings. The largest absolute Gasteiger partial charge is 0.419 e. The van der Waals surface area contributed by atoms with Gasteiger partial charge in [0.2, 0.25) is 0 Å². The van der Waals surface area contributed by atoms with Gasteiger partial charge in [-0.25, -0.2) is 23.9 Å². The summed E-state index contributed by atoms with van der Waals surface area (Å²) in [5.74, 6) is -0.714. The summed E-state index contributed by atoms with van der Waals surface area (Å²) in [6.07, 6.45) is -0.141. The lowest BCUT2D eigenvalue weighted by atomic mass is 10.1. The van der Waals surface area contributed by atoms with Gasteiger partial charge in [-0.1, -0.05) is 6.07 Å². The van der Waals surface area contributed by atoms with Crippen LogP contribution >= 0.6 is 0 Å². The van der Waals surface area contributed by atoms with E-state index in [1.54, 1.807) is 24.5 Å². The minimum Gasteiger partial charge on any atom is -0.382 e. The lowest BCUT2D eigenvalue weighted by Crippen LogP contribution is -2.09. The van der Waals surface area contributed by atoms with Gasteiger partial charge in [-0.15, -0.1) is 5.10 Å². The van der Waals surface area contributed by atoms with Crippen molar-refractivity contribution in [3.05, 3.63) is 66.0 Å². The third-order valence-electron chi connectivity index (χ3n) is 4.16. The summed E-state index contributed by atoms with van der Waals surface area (Å²) < 4.78 is 53.2. The second kappa shape index (κ2) is 7.00. The molecule has 3 heterocycles. The molecule has 1 aromatic carbocycles. The molecule has 4 rings (SSSR count). The number of hydrogen-bond acceptors (Lipinski definition) is 6. The number of nitrogens with zero attached hydrogens (tertiary/aromatic N) is 5. The number of fused-ring (bicyclic) bond motifs is 1. The lowest BCUT2D eigenvalue weighted by Gasteiger charge is -2.10. The number of nitrogen functional groups attached to an aromatic ring is 1. The fraction of sp³-hybridized carbons (Fsp3) is 0.111. The molecule has 0 aliphatic carbocycles. The van der Waals surface area contributed by atoms with Gasteiger partial charge in [-0.3, -0.25) is 0 Å². The molecule has 0 saturated carbocycles. The van der Waals surface area contributed by atoms with Gasteiger partial charge in [-0.05, 0) is 23.8 Å². The zero-order valence-electron chi connectivity index (χ0n) is 14.7. The highest BCUT2D eigenvalue weighted by molar-refractivity contribution is 5.84. The Kier molecular flexibility index (Phi) is 4.49. The first-order valence-corrected chi connectivity index (χ1v) is 8.33. The number of halogens is 4. The molecule has 7 nitrogen and oxygen atoms in total. The average molecular weight is 403 g/mol. The molecule has 29 heavy (non-hydrogen) atoms. The van der Waals surface area contributed by atoms with E-state index in [0.29, 0.717) is 34.4 Å². The van der Waals surface area contributed by atoms with Crippen LogP contribution in [-0.4, -0.2) is 24.6 Å². The predicted molar refractivity (Wildman–Crippen MR) is 97.2 cm³/mol. The number of nitrogens with two attached hydrogens (primary N) is 1. The summed E-state index contributed by atoms with van der Waals surface area (Å²) in [6, 6.07) is 6.06. The highest BCUT2D eigenvalue weighted by Crippen LogP contribution is 2.32. The van der Waals surface area contributed by atoms with E-state index >= 15 is 0 Å². The van der Waals surface area contributed by atoms with E-state index in [2.05, 4.69) is 25.4 Å². The van der Waals surface area contributed by atoms with Gasteiger partial charge in [-0.2, -0.15) is 13.2 Å². The van der Waals surface area contributed by atoms with Crippen LogP contribution in [0.3, 0.4) is 0 Å². The van der Waals surface area contributed by atoms with Crippen LogP contribution in [0, 0.1) is 5.82 Å². The fourth-order valence-electron chi connectivity index (χ4n) is 2.83. The van der Waals surface area contributed by atoms with Crippen molar-refractivity contribution >= 4 is 17.3 Å². The van der Waals surface area contributed by atoms with E-state index in [9.17, 15) is 17.6 Å². The monoisotopic (exact) mass is 403 g/mol. The zero-order valence-corrected chi connectivity index (χ0v) is 14.7. The van der Waals surface area contributed by atoms with E-state index in [0.717, 1.165) is 6.07 Å². The Bertz CT molecular complexity index is 1190. The van der Waals surface area contributed by atoms with Crippen LogP contribution in [0.2, 0.25) is 0 Å². The van der Waals surface area contributed by atoms with Crippen molar-refractivity contribution in [3.8, 4) is 11.3 Å². The summed E-state index contributed by atoms with van der Waals surface area (Å²) in [7, 11) is 0. The van der Waals surface area contributed by atoms with Crippen molar-refractivity contribution in [2.45, 2.75) is 12.7 Å². The van der Waals surface area contributed by atoms with Gasteiger partial charge in [0.25, 0.3) is 0 Å². The van der Waals surface area contributed by atoms with Crippen molar-refractivity contribution in [3.63, 3.8) is 0 Å². The summed E-state index contributed by atoms with van der Waals surface area (Å²) in [5, 5.41) is 7.10. The smallest absolute Gasteiger partial charge is 0.382 e. The summed E-state index contributed by atoms with van der Waals surface area (Å²) in [5.41, 5.74) is 6.51. The molecule has 3 N–H and O–H groups in total. The summed E-state index contributed by atoms with van der Waals surface area (Å²) in [4.78, 5) is 12.5. The van der Waals surface area contributed by atoms with Crippen molar-refractivity contribution in [1.29, 1.82) is 0 Å². The Morgan fingerprint density at radius 1 is 1.10 bits per heavy atom. The molecule has 0 atom stereocenters. The molecule has 0 saturated heterocycles. The second-order valence-electron chi connectivity index (χ2n) is 6.10. The normalized spacial score (nSPS) is 11.7. The summed E-state index contributed by atoms with van der Waals surface area (Å²) in [6.45, 7) is 0.0635. The standard InChI is InChI=1S/C18H13F4N7/c19-12-6-10(2-3-11(12)18(20,21)22)8-25-14-7-13(26-9-27-14)15-16(23)28-29-5-1-4-24-17(15)29/h1-7,9H,8H2,(H2,23,28)(H,25,26,27). The molecule has 0 spiro atoms. The van der Waals surface area contributed by atoms with Crippen LogP contribution < -0.4 is 11.1 Å². The van der Waals surface area contributed by atoms with Crippen LogP contribution in [0.1, 0.15) is 11.1 Å². The number of hydrogen-bond donors (Lipinski definition) is 2. The molecule has 0 unspecified atom stereocenters. The molecule has 0 bridgehead atoms. The van der Waals surface area contributed by atoms with Gasteiger partial charge < -0.3 is 11.1 Å². The highest BCUT2D eigenvalue weighted by atomic mass is 19.4. The highest BCUT2D eigenvalue weighted by Gasteiger charge is 2.33. The molecule has 0 fully saturated rings. The van der Waals surface area contributed by atoms with E-state index in [4.69, 9.17) is 5.73 Å². The Labute approximate surface area is 161 Å². The van der Waals surface area contributed by atoms with E-state index in [1.807, 2.05) is 0 Å². The van der Waals surface area contributed by atoms with Crippen molar-refractivity contribution < 1.29 is 17.6 Å². The maximum absolute atomic E-state index is 13.7. The van der Waals surface area contributed by atoms with Gasteiger partial charge in [0, 0.05) is 25.0 Å². The third-order valence-corrected chi connectivity index (χ3v) is 4.16. The fourth-order valence-corrected chi connectivity index (χ4v) is 2.83. The molecule has 148 valence electrons. The van der Waals surface area contributed by atoms with Gasteiger partial charge in [0.05, 0.1) is 16.8 Å². The quantitative estimate of drug-likeness (QED) is 0.506. The third kappa shape index (κ3) is 3.66. The Balaban J connectivity index is 1.57. The number of benzene rings is 1.